The summed E-state index contributed by atoms with van der Waals surface area (Å²) in [5, 5.41) is 0. The molecule has 1 aliphatic heterocycles. The van der Waals surface area contributed by atoms with Crippen molar-refractivity contribution in [2.45, 2.75) is 13.3 Å². The fourth-order valence-corrected chi connectivity index (χ4v) is 1.77. The van der Waals surface area contributed by atoms with Crippen molar-refractivity contribution < 1.29 is 14.3 Å². The maximum absolute atomic E-state index is 11.2. The molecule has 0 radical (unpaired) electrons. The lowest BCUT2D eigenvalue weighted by Crippen LogP contribution is -2.36. The van der Waals surface area contributed by atoms with Crippen molar-refractivity contribution in [2.75, 3.05) is 31.2 Å². The van der Waals surface area contributed by atoms with Crippen LogP contribution in [0.15, 0.2) is 24.3 Å². The lowest BCUT2D eigenvalue weighted by atomic mass is 10.2. The SMILES string of the molecule is CCC(=O)Oc1cccc(N2CCOCC2)c1. The Kier molecular flexibility index (Phi) is 3.98. The third kappa shape index (κ3) is 3.20. The van der Waals surface area contributed by atoms with Gasteiger partial charge in [-0.05, 0) is 12.1 Å². The Labute approximate surface area is 101 Å². The van der Waals surface area contributed by atoms with Crippen LogP contribution < -0.4 is 9.64 Å². The summed E-state index contributed by atoms with van der Waals surface area (Å²) < 4.78 is 10.5. The fourth-order valence-electron chi connectivity index (χ4n) is 1.77. The van der Waals surface area contributed by atoms with Crippen LogP contribution in [0.2, 0.25) is 0 Å². The van der Waals surface area contributed by atoms with Crippen LogP contribution in [0.25, 0.3) is 0 Å². The Bertz CT molecular complexity index is 386. The smallest absolute Gasteiger partial charge is 0.310 e. The molecule has 1 heterocycles. The van der Waals surface area contributed by atoms with Crippen molar-refractivity contribution in [1.82, 2.24) is 0 Å². The Hall–Kier alpha value is -1.55. The molecule has 1 saturated heterocycles. The molecular formula is C13H17NO3. The highest BCUT2D eigenvalue weighted by Gasteiger charge is 2.12. The Morgan fingerprint density at radius 2 is 2.18 bits per heavy atom. The number of benzene rings is 1. The number of nitrogens with zero attached hydrogens (tertiary/aromatic N) is 1. The molecular weight excluding hydrogens is 218 g/mol. The molecule has 1 aromatic carbocycles. The van der Waals surface area contributed by atoms with Gasteiger partial charge < -0.3 is 14.4 Å². The average Bonchev–Trinajstić information content (AvgIpc) is 2.40. The second-order valence-corrected chi connectivity index (χ2v) is 3.92. The lowest BCUT2D eigenvalue weighted by Gasteiger charge is -2.29. The van der Waals surface area contributed by atoms with Crippen molar-refractivity contribution in [3.63, 3.8) is 0 Å². The standard InChI is InChI=1S/C13H17NO3/c1-2-13(15)17-12-5-3-4-11(10-12)14-6-8-16-9-7-14/h3-5,10H,2,6-9H2,1H3. The number of hydrogen-bond donors (Lipinski definition) is 0. The highest BCUT2D eigenvalue weighted by molar-refractivity contribution is 5.72. The highest BCUT2D eigenvalue weighted by atomic mass is 16.5. The van der Waals surface area contributed by atoms with Gasteiger partial charge in [0.2, 0.25) is 0 Å². The first-order chi connectivity index (χ1) is 8.29. The zero-order valence-electron chi connectivity index (χ0n) is 10.0. The molecule has 4 nitrogen and oxygen atoms in total. The second-order valence-electron chi connectivity index (χ2n) is 3.92. The van der Waals surface area contributed by atoms with E-state index in [-0.39, 0.29) is 5.97 Å². The van der Waals surface area contributed by atoms with E-state index in [0.717, 1.165) is 32.0 Å². The minimum Gasteiger partial charge on any atom is -0.426 e. The molecule has 0 N–H and O–H groups in total. The summed E-state index contributed by atoms with van der Waals surface area (Å²) in [5.74, 6) is 0.407. The monoisotopic (exact) mass is 235 g/mol. The number of carbonyl (C=O) groups is 1. The summed E-state index contributed by atoms with van der Waals surface area (Å²) in [7, 11) is 0. The number of carbonyl (C=O) groups excluding carboxylic acids is 1. The van der Waals surface area contributed by atoms with Gasteiger partial charge in [0.1, 0.15) is 5.75 Å². The van der Waals surface area contributed by atoms with Crippen molar-refractivity contribution in [3.8, 4) is 5.75 Å². The van der Waals surface area contributed by atoms with Crippen LogP contribution in [-0.4, -0.2) is 32.3 Å². The topological polar surface area (TPSA) is 38.8 Å². The summed E-state index contributed by atoms with van der Waals surface area (Å²) in [4.78, 5) is 13.4. The van der Waals surface area contributed by atoms with E-state index in [1.807, 2.05) is 18.2 Å². The van der Waals surface area contributed by atoms with E-state index in [4.69, 9.17) is 9.47 Å². The van der Waals surface area contributed by atoms with Gasteiger partial charge in [0.05, 0.1) is 13.2 Å². The number of anilines is 1. The maximum Gasteiger partial charge on any atom is 0.310 e. The maximum atomic E-state index is 11.2. The number of morpholine rings is 1. The van der Waals surface area contributed by atoms with Gasteiger partial charge in [-0.15, -0.1) is 0 Å². The molecule has 1 fully saturated rings. The molecule has 17 heavy (non-hydrogen) atoms. The van der Waals surface area contributed by atoms with E-state index < -0.39 is 0 Å². The highest BCUT2D eigenvalue weighted by Crippen LogP contribution is 2.22. The summed E-state index contributed by atoms with van der Waals surface area (Å²) in [5.41, 5.74) is 1.08. The molecule has 0 saturated carbocycles. The van der Waals surface area contributed by atoms with Crippen LogP contribution in [0.3, 0.4) is 0 Å². The molecule has 0 aliphatic carbocycles. The predicted molar refractivity (Wildman–Crippen MR) is 65.4 cm³/mol. The van der Waals surface area contributed by atoms with E-state index in [0.29, 0.717) is 12.2 Å². The summed E-state index contributed by atoms with van der Waals surface area (Å²) in [6, 6.07) is 7.63. The molecule has 92 valence electrons. The second kappa shape index (κ2) is 5.68. The van der Waals surface area contributed by atoms with Crippen LogP contribution in [0, 0.1) is 0 Å². The zero-order chi connectivity index (χ0) is 12.1. The lowest BCUT2D eigenvalue weighted by molar-refractivity contribution is -0.134. The third-order valence-electron chi connectivity index (χ3n) is 2.71. The van der Waals surface area contributed by atoms with Crippen molar-refractivity contribution >= 4 is 11.7 Å². The Morgan fingerprint density at radius 1 is 1.41 bits per heavy atom. The molecule has 1 aromatic rings. The van der Waals surface area contributed by atoms with Crippen LogP contribution in [0.4, 0.5) is 5.69 Å². The predicted octanol–water partition coefficient (Wildman–Crippen LogP) is 1.84. The van der Waals surface area contributed by atoms with Gasteiger partial charge in [0, 0.05) is 31.3 Å². The average molecular weight is 235 g/mol. The van der Waals surface area contributed by atoms with E-state index >= 15 is 0 Å². The number of esters is 1. The molecule has 4 heteroatoms. The molecule has 0 atom stereocenters. The van der Waals surface area contributed by atoms with E-state index in [1.165, 1.54) is 0 Å². The van der Waals surface area contributed by atoms with E-state index in [2.05, 4.69) is 4.90 Å². The molecule has 0 aromatic heterocycles. The minimum absolute atomic E-state index is 0.205. The first-order valence-corrected chi connectivity index (χ1v) is 5.93. The van der Waals surface area contributed by atoms with Crippen molar-refractivity contribution in [3.05, 3.63) is 24.3 Å². The number of rotatable bonds is 3. The fraction of sp³-hybridized carbons (Fsp3) is 0.462. The molecule has 0 unspecified atom stereocenters. The number of ether oxygens (including phenoxy) is 2. The van der Waals surface area contributed by atoms with Crippen LogP contribution in [-0.2, 0) is 9.53 Å². The van der Waals surface area contributed by atoms with Crippen molar-refractivity contribution in [1.29, 1.82) is 0 Å². The Balaban J connectivity index is 2.07. The first-order valence-electron chi connectivity index (χ1n) is 5.93. The zero-order valence-corrected chi connectivity index (χ0v) is 10.0. The normalized spacial score (nSPS) is 15.7. The van der Waals surface area contributed by atoms with Gasteiger partial charge in [-0.2, -0.15) is 0 Å². The van der Waals surface area contributed by atoms with Crippen LogP contribution in [0.5, 0.6) is 5.75 Å². The van der Waals surface area contributed by atoms with E-state index in [9.17, 15) is 4.79 Å². The quantitative estimate of drug-likeness (QED) is 0.592. The van der Waals surface area contributed by atoms with Gasteiger partial charge in [-0.1, -0.05) is 13.0 Å². The number of hydrogen-bond acceptors (Lipinski definition) is 4. The van der Waals surface area contributed by atoms with Crippen LogP contribution >= 0.6 is 0 Å². The largest absolute Gasteiger partial charge is 0.426 e. The van der Waals surface area contributed by atoms with Gasteiger partial charge in [0.15, 0.2) is 0 Å². The molecule has 1 aliphatic rings. The first kappa shape index (κ1) is 11.9. The summed E-state index contributed by atoms with van der Waals surface area (Å²) >= 11 is 0. The minimum atomic E-state index is -0.205. The van der Waals surface area contributed by atoms with E-state index in [1.54, 1.807) is 13.0 Å². The Morgan fingerprint density at radius 3 is 2.88 bits per heavy atom. The third-order valence-corrected chi connectivity index (χ3v) is 2.71. The van der Waals surface area contributed by atoms with Gasteiger partial charge >= 0.3 is 5.97 Å². The van der Waals surface area contributed by atoms with Crippen molar-refractivity contribution in [2.24, 2.45) is 0 Å². The molecule has 2 rings (SSSR count). The summed E-state index contributed by atoms with van der Waals surface area (Å²) in [6.45, 7) is 5.04. The van der Waals surface area contributed by atoms with Crippen LogP contribution in [0.1, 0.15) is 13.3 Å². The molecule has 0 bridgehead atoms. The van der Waals surface area contributed by atoms with Gasteiger partial charge in [-0.25, -0.2) is 0 Å². The van der Waals surface area contributed by atoms with Gasteiger partial charge in [-0.3, -0.25) is 4.79 Å². The van der Waals surface area contributed by atoms with Gasteiger partial charge in [0.25, 0.3) is 0 Å². The molecule has 0 spiro atoms. The molecule has 0 amide bonds. The summed E-state index contributed by atoms with van der Waals surface area (Å²) in [6.07, 6.45) is 0.391.